The first-order chi connectivity index (χ1) is 7.69. The van der Waals surface area contributed by atoms with E-state index in [4.69, 9.17) is 9.68 Å². The molecule has 0 amide bonds. The van der Waals surface area contributed by atoms with Crippen molar-refractivity contribution >= 4 is 11.4 Å². The molecule has 0 aliphatic heterocycles. The summed E-state index contributed by atoms with van der Waals surface area (Å²) in [6.45, 7) is 3.79. The average molecular weight is 220 g/mol. The zero-order valence-corrected chi connectivity index (χ0v) is 10.0. The third-order valence-electron chi connectivity index (χ3n) is 2.18. The fraction of sp³-hybridized carbons (Fsp3) is 0.333. The Hall–Kier alpha value is -1.84. The van der Waals surface area contributed by atoms with Crippen LogP contribution >= 0.6 is 0 Å². The average Bonchev–Trinajstić information content (AvgIpc) is 2.30. The van der Waals surface area contributed by atoms with Crippen LogP contribution in [0.1, 0.15) is 25.0 Å². The van der Waals surface area contributed by atoms with Crippen molar-refractivity contribution in [1.82, 2.24) is 0 Å². The van der Waals surface area contributed by atoms with Crippen LogP contribution in [0.4, 0.5) is 0 Å². The molecule has 0 aliphatic rings. The molecule has 86 valence electrons. The summed E-state index contributed by atoms with van der Waals surface area (Å²) in [5, 5.41) is 7.73. The van der Waals surface area contributed by atoms with Gasteiger partial charge in [0.1, 0.15) is 14.2 Å². The van der Waals surface area contributed by atoms with E-state index in [2.05, 4.69) is 10.3 Å². The molecule has 0 aromatic heterocycles. The Kier molecular flexibility index (Phi) is 4.51. The first-order valence-electron chi connectivity index (χ1n) is 4.95. The molecule has 1 aromatic rings. The van der Waals surface area contributed by atoms with Crippen LogP contribution in [0, 0.1) is 0 Å². The van der Waals surface area contributed by atoms with Gasteiger partial charge in [0.2, 0.25) is 0 Å². The SMILES string of the molecule is CO/N=C(/C)c1ccc(/C(C)=N\OC)cc1. The summed E-state index contributed by atoms with van der Waals surface area (Å²) in [4.78, 5) is 9.44. The van der Waals surface area contributed by atoms with Crippen molar-refractivity contribution in [3.63, 3.8) is 0 Å². The van der Waals surface area contributed by atoms with Crippen LogP contribution in [0.5, 0.6) is 0 Å². The first kappa shape index (κ1) is 12.2. The Bertz CT molecular complexity index is 355. The highest BCUT2D eigenvalue weighted by atomic mass is 16.6. The molecule has 0 atom stereocenters. The topological polar surface area (TPSA) is 43.2 Å². The van der Waals surface area contributed by atoms with Gasteiger partial charge in [-0.05, 0) is 25.0 Å². The van der Waals surface area contributed by atoms with E-state index in [0.29, 0.717) is 0 Å². The molecule has 0 heterocycles. The highest BCUT2D eigenvalue weighted by Crippen LogP contribution is 2.07. The minimum absolute atomic E-state index is 0.843. The molecular weight excluding hydrogens is 204 g/mol. The van der Waals surface area contributed by atoms with E-state index in [-0.39, 0.29) is 0 Å². The summed E-state index contributed by atoms with van der Waals surface area (Å²) in [6, 6.07) is 7.90. The van der Waals surface area contributed by atoms with Gasteiger partial charge >= 0.3 is 0 Å². The van der Waals surface area contributed by atoms with Crippen LogP contribution in [0.2, 0.25) is 0 Å². The quantitative estimate of drug-likeness (QED) is 0.577. The molecule has 0 N–H and O–H groups in total. The molecule has 4 nitrogen and oxygen atoms in total. The van der Waals surface area contributed by atoms with E-state index in [1.165, 1.54) is 14.2 Å². The van der Waals surface area contributed by atoms with Crippen molar-refractivity contribution in [2.45, 2.75) is 13.8 Å². The number of benzene rings is 1. The van der Waals surface area contributed by atoms with Gasteiger partial charge in [-0.15, -0.1) is 0 Å². The minimum atomic E-state index is 0.843. The highest BCUT2D eigenvalue weighted by Gasteiger charge is 2.01. The maximum Gasteiger partial charge on any atom is 0.106 e. The predicted octanol–water partition coefficient (Wildman–Crippen LogP) is 2.43. The lowest BCUT2D eigenvalue weighted by molar-refractivity contribution is 0.213. The fourth-order valence-electron chi connectivity index (χ4n) is 1.33. The van der Waals surface area contributed by atoms with Crippen LogP contribution in [-0.4, -0.2) is 25.6 Å². The van der Waals surface area contributed by atoms with Gasteiger partial charge in [-0.25, -0.2) is 0 Å². The van der Waals surface area contributed by atoms with Crippen molar-refractivity contribution in [2.24, 2.45) is 10.3 Å². The van der Waals surface area contributed by atoms with Crippen molar-refractivity contribution in [1.29, 1.82) is 0 Å². The molecule has 0 saturated carbocycles. The normalized spacial score (nSPS) is 12.5. The van der Waals surface area contributed by atoms with E-state index in [1.54, 1.807) is 0 Å². The van der Waals surface area contributed by atoms with Crippen molar-refractivity contribution < 1.29 is 9.68 Å². The molecule has 1 aromatic carbocycles. The Balaban J connectivity index is 2.91. The van der Waals surface area contributed by atoms with E-state index >= 15 is 0 Å². The number of rotatable bonds is 4. The first-order valence-corrected chi connectivity index (χ1v) is 4.95. The van der Waals surface area contributed by atoms with E-state index < -0.39 is 0 Å². The van der Waals surface area contributed by atoms with Crippen molar-refractivity contribution in [2.75, 3.05) is 14.2 Å². The Labute approximate surface area is 95.5 Å². The van der Waals surface area contributed by atoms with Crippen LogP contribution in [-0.2, 0) is 9.68 Å². The lowest BCUT2D eigenvalue weighted by Crippen LogP contribution is -1.99. The van der Waals surface area contributed by atoms with E-state index in [1.807, 2.05) is 38.1 Å². The monoisotopic (exact) mass is 220 g/mol. The standard InChI is InChI=1S/C12H16N2O2/c1-9(13-15-3)11-5-7-12(8-6-11)10(2)14-16-4/h5-8H,1-4H3/b13-9-,14-10-. The zero-order valence-electron chi connectivity index (χ0n) is 10.0. The molecule has 0 aliphatic carbocycles. The second kappa shape index (κ2) is 5.90. The van der Waals surface area contributed by atoms with Crippen molar-refractivity contribution in [3.05, 3.63) is 35.4 Å². The molecule has 0 unspecified atom stereocenters. The third-order valence-corrected chi connectivity index (χ3v) is 2.18. The number of oxime groups is 2. The zero-order chi connectivity index (χ0) is 12.0. The second-order valence-electron chi connectivity index (χ2n) is 3.30. The van der Waals surface area contributed by atoms with Crippen LogP contribution < -0.4 is 0 Å². The summed E-state index contributed by atoms with van der Waals surface area (Å²) in [6.07, 6.45) is 0. The van der Waals surface area contributed by atoms with Gasteiger partial charge in [-0.3, -0.25) is 0 Å². The van der Waals surface area contributed by atoms with Gasteiger partial charge in [0.25, 0.3) is 0 Å². The summed E-state index contributed by atoms with van der Waals surface area (Å²) in [7, 11) is 3.07. The molecule has 0 saturated heterocycles. The van der Waals surface area contributed by atoms with E-state index in [0.717, 1.165) is 22.6 Å². The van der Waals surface area contributed by atoms with E-state index in [9.17, 15) is 0 Å². The van der Waals surface area contributed by atoms with Gasteiger partial charge in [-0.1, -0.05) is 34.6 Å². The molecular formula is C12H16N2O2. The Morgan fingerprint density at radius 3 is 1.38 bits per heavy atom. The minimum Gasteiger partial charge on any atom is -0.399 e. The smallest absolute Gasteiger partial charge is 0.106 e. The van der Waals surface area contributed by atoms with Gasteiger partial charge in [0, 0.05) is 0 Å². The maximum absolute atomic E-state index is 4.72. The molecule has 1 rings (SSSR count). The van der Waals surface area contributed by atoms with Crippen LogP contribution in [0.15, 0.2) is 34.6 Å². The van der Waals surface area contributed by atoms with Gasteiger partial charge in [0.05, 0.1) is 11.4 Å². The number of nitrogens with zero attached hydrogens (tertiary/aromatic N) is 2. The number of hydrogen-bond donors (Lipinski definition) is 0. The lowest BCUT2D eigenvalue weighted by atomic mass is 10.1. The molecule has 16 heavy (non-hydrogen) atoms. The molecule has 0 spiro atoms. The Morgan fingerprint density at radius 2 is 1.12 bits per heavy atom. The van der Waals surface area contributed by atoms with Gasteiger partial charge in [0.15, 0.2) is 0 Å². The summed E-state index contributed by atoms with van der Waals surface area (Å²) in [5.41, 5.74) is 3.73. The largest absolute Gasteiger partial charge is 0.399 e. The predicted molar refractivity (Wildman–Crippen MR) is 64.9 cm³/mol. The molecule has 0 bridgehead atoms. The highest BCUT2D eigenvalue weighted by molar-refractivity contribution is 6.01. The summed E-state index contributed by atoms with van der Waals surface area (Å²) < 4.78 is 0. The Morgan fingerprint density at radius 1 is 0.812 bits per heavy atom. The van der Waals surface area contributed by atoms with Crippen molar-refractivity contribution in [3.8, 4) is 0 Å². The second-order valence-corrected chi connectivity index (χ2v) is 3.30. The van der Waals surface area contributed by atoms with Gasteiger partial charge in [-0.2, -0.15) is 0 Å². The van der Waals surface area contributed by atoms with Gasteiger partial charge < -0.3 is 9.68 Å². The third kappa shape index (κ3) is 3.08. The molecule has 4 heteroatoms. The molecule has 0 fully saturated rings. The fourth-order valence-corrected chi connectivity index (χ4v) is 1.33. The summed E-state index contributed by atoms with van der Waals surface area (Å²) >= 11 is 0. The van der Waals surface area contributed by atoms with Crippen LogP contribution in [0.25, 0.3) is 0 Å². The molecule has 0 radical (unpaired) electrons. The lowest BCUT2D eigenvalue weighted by Gasteiger charge is -2.02. The summed E-state index contributed by atoms with van der Waals surface area (Å²) in [5.74, 6) is 0. The number of hydrogen-bond acceptors (Lipinski definition) is 4. The van der Waals surface area contributed by atoms with Crippen LogP contribution in [0.3, 0.4) is 0 Å². The maximum atomic E-state index is 4.72.